The highest BCUT2D eigenvalue weighted by Crippen LogP contribution is 2.27. The molecule has 1 atom stereocenters. The van der Waals surface area contributed by atoms with E-state index in [-0.39, 0.29) is 16.9 Å². The van der Waals surface area contributed by atoms with E-state index in [0.29, 0.717) is 18.0 Å². The Bertz CT molecular complexity index is 632. The van der Waals surface area contributed by atoms with E-state index in [1.165, 1.54) is 24.3 Å². The quantitative estimate of drug-likeness (QED) is 0.798. The normalized spacial score (nSPS) is 12.4. The minimum atomic E-state index is -0.449. The Labute approximate surface area is 132 Å². The predicted octanol–water partition coefficient (Wildman–Crippen LogP) is 5.16. The van der Waals surface area contributed by atoms with E-state index >= 15 is 0 Å². The third kappa shape index (κ3) is 4.16. The lowest BCUT2D eigenvalue weighted by Gasteiger charge is -2.20. The summed E-state index contributed by atoms with van der Waals surface area (Å²) < 4.78 is 26.7. The van der Waals surface area contributed by atoms with Crippen molar-refractivity contribution >= 4 is 23.2 Å². The highest BCUT2D eigenvalue weighted by atomic mass is 35.5. The van der Waals surface area contributed by atoms with Crippen LogP contribution in [0.1, 0.15) is 24.1 Å². The molecule has 2 aromatic rings. The van der Waals surface area contributed by atoms with E-state index < -0.39 is 5.82 Å². The zero-order valence-corrected chi connectivity index (χ0v) is 13.0. The van der Waals surface area contributed by atoms with Gasteiger partial charge in [-0.1, -0.05) is 42.3 Å². The van der Waals surface area contributed by atoms with E-state index in [1.807, 2.05) is 6.92 Å². The SMILES string of the molecule is CCNC(Cc1ccc(Cl)c(F)c1)c1ccc(F)cc1Cl. The molecular weight excluding hydrogens is 315 g/mol. The van der Waals surface area contributed by atoms with Crippen molar-refractivity contribution in [1.29, 1.82) is 0 Å². The largest absolute Gasteiger partial charge is 0.310 e. The molecule has 1 nitrogen and oxygen atoms in total. The highest BCUT2D eigenvalue weighted by Gasteiger charge is 2.16. The topological polar surface area (TPSA) is 12.0 Å². The van der Waals surface area contributed by atoms with Gasteiger partial charge in [-0.2, -0.15) is 0 Å². The van der Waals surface area contributed by atoms with Gasteiger partial charge >= 0.3 is 0 Å². The number of hydrogen-bond donors (Lipinski definition) is 1. The zero-order chi connectivity index (χ0) is 15.4. The van der Waals surface area contributed by atoms with Crippen LogP contribution in [0.15, 0.2) is 36.4 Å². The van der Waals surface area contributed by atoms with Gasteiger partial charge in [0.25, 0.3) is 0 Å². The number of hydrogen-bond acceptors (Lipinski definition) is 1. The van der Waals surface area contributed by atoms with Crippen molar-refractivity contribution in [1.82, 2.24) is 5.32 Å². The summed E-state index contributed by atoms with van der Waals surface area (Å²) >= 11 is 11.8. The van der Waals surface area contributed by atoms with Gasteiger partial charge in [0.1, 0.15) is 11.6 Å². The van der Waals surface area contributed by atoms with E-state index in [4.69, 9.17) is 23.2 Å². The molecular formula is C16H15Cl2F2N. The van der Waals surface area contributed by atoms with Crippen molar-refractivity contribution in [2.75, 3.05) is 6.54 Å². The second kappa shape index (κ2) is 7.21. The Kier molecular flexibility index (Phi) is 5.57. The van der Waals surface area contributed by atoms with Crippen LogP contribution in [0.25, 0.3) is 0 Å². The van der Waals surface area contributed by atoms with Gasteiger partial charge in [-0.3, -0.25) is 0 Å². The summed E-state index contributed by atoms with van der Waals surface area (Å²) in [6.07, 6.45) is 0.535. The summed E-state index contributed by atoms with van der Waals surface area (Å²) in [6, 6.07) is 8.89. The molecule has 0 spiro atoms. The lowest BCUT2D eigenvalue weighted by molar-refractivity contribution is 0.544. The maximum Gasteiger partial charge on any atom is 0.142 e. The van der Waals surface area contributed by atoms with Gasteiger partial charge < -0.3 is 5.32 Å². The van der Waals surface area contributed by atoms with E-state index in [9.17, 15) is 8.78 Å². The van der Waals surface area contributed by atoms with Crippen LogP contribution in [-0.2, 0) is 6.42 Å². The molecule has 2 rings (SSSR count). The van der Waals surface area contributed by atoms with Crippen molar-refractivity contribution in [3.8, 4) is 0 Å². The van der Waals surface area contributed by atoms with Gasteiger partial charge in [-0.05, 0) is 48.4 Å². The fraction of sp³-hybridized carbons (Fsp3) is 0.250. The smallest absolute Gasteiger partial charge is 0.142 e. The summed E-state index contributed by atoms with van der Waals surface area (Å²) in [4.78, 5) is 0. The van der Waals surface area contributed by atoms with Crippen LogP contribution in [0.5, 0.6) is 0 Å². The molecule has 0 amide bonds. The fourth-order valence-corrected chi connectivity index (χ4v) is 2.64. The molecule has 0 aromatic heterocycles. The lowest BCUT2D eigenvalue weighted by atomic mass is 9.98. The van der Waals surface area contributed by atoms with Gasteiger partial charge in [0.05, 0.1) is 5.02 Å². The molecule has 0 aliphatic rings. The molecule has 5 heteroatoms. The average molecular weight is 330 g/mol. The molecule has 0 bridgehead atoms. The van der Waals surface area contributed by atoms with Crippen molar-refractivity contribution in [3.63, 3.8) is 0 Å². The first kappa shape index (κ1) is 16.2. The molecule has 0 radical (unpaired) electrons. The van der Waals surface area contributed by atoms with Crippen LogP contribution < -0.4 is 5.32 Å². The van der Waals surface area contributed by atoms with E-state index in [2.05, 4.69) is 5.32 Å². The Morgan fingerprint density at radius 2 is 1.81 bits per heavy atom. The standard InChI is InChI=1S/C16H15Cl2F2N/c1-2-21-16(12-5-4-11(19)9-14(12)18)8-10-3-6-13(17)15(20)7-10/h3-7,9,16,21H,2,8H2,1H3. The zero-order valence-electron chi connectivity index (χ0n) is 11.5. The Balaban J connectivity index is 2.28. The van der Waals surface area contributed by atoms with Crippen molar-refractivity contribution in [3.05, 3.63) is 69.2 Å². The summed E-state index contributed by atoms with van der Waals surface area (Å²) in [5, 5.41) is 3.73. The maximum atomic E-state index is 13.5. The molecule has 0 saturated heterocycles. The van der Waals surface area contributed by atoms with Crippen molar-refractivity contribution in [2.45, 2.75) is 19.4 Å². The van der Waals surface area contributed by atoms with Crippen molar-refractivity contribution < 1.29 is 8.78 Å². The minimum Gasteiger partial charge on any atom is -0.310 e. The molecule has 1 N–H and O–H groups in total. The number of likely N-dealkylation sites (N-methyl/N-ethyl adjacent to an activating group) is 1. The molecule has 0 heterocycles. The first-order chi connectivity index (χ1) is 10.0. The molecule has 0 fully saturated rings. The second-order valence-electron chi connectivity index (χ2n) is 4.73. The Morgan fingerprint density at radius 3 is 2.43 bits per heavy atom. The third-order valence-corrected chi connectivity index (χ3v) is 3.85. The maximum absolute atomic E-state index is 13.5. The van der Waals surface area contributed by atoms with Crippen LogP contribution in [0.3, 0.4) is 0 Å². The lowest BCUT2D eigenvalue weighted by Crippen LogP contribution is -2.23. The minimum absolute atomic E-state index is 0.0959. The third-order valence-electron chi connectivity index (χ3n) is 3.21. The van der Waals surface area contributed by atoms with Gasteiger partial charge in [0.2, 0.25) is 0 Å². The van der Waals surface area contributed by atoms with Crippen LogP contribution in [-0.4, -0.2) is 6.54 Å². The van der Waals surface area contributed by atoms with Crippen molar-refractivity contribution in [2.24, 2.45) is 0 Å². The summed E-state index contributed by atoms with van der Waals surface area (Å²) in [6.45, 7) is 2.68. The molecule has 0 saturated carbocycles. The monoisotopic (exact) mass is 329 g/mol. The van der Waals surface area contributed by atoms with Crippen LogP contribution in [0.2, 0.25) is 10.0 Å². The molecule has 0 aliphatic heterocycles. The first-order valence-corrected chi connectivity index (χ1v) is 7.39. The van der Waals surface area contributed by atoms with E-state index in [1.54, 1.807) is 12.1 Å². The molecule has 0 aliphatic carbocycles. The molecule has 1 unspecified atom stereocenters. The number of benzene rings is 2. The van der Waals surface area contributed by atoms with Gasteiger partial charge in [-0.25, -0.2) is 8.78 Å². The Hall–Kier alpha value is -1.16. The predicted molar refractivity (Wildman–Crippen MR) is 82.9 cm³/mol. The molecule has 112 valence electrons. The molecule has 2 aromatic carbocycles. The average Bonchev–Trinajstić information content (AvgIpc) is 2.42. The van der Waals surface area contributed by atoms with Gasteiger partial charge in [0.15, 0.2) is 0 Å². The Morgan fingerprint density at radius 1 is 1.05 bits per heavy atom. The van der Waals surface area contributed by atoms with Crippen LogP contribution >= 0.6 is 23.2 Å². The first-order valence-electron chi connectivity index (χ1n) is 6.63. The number of halogens is 4. The number of nitrogens with one attached hydrogen (secondary N) is 1. The van der Waals surface area contributed by atoms with Crippen LogP contribution in [0, 0.1) is 11.6 Å². The van der Waals surface area contributed by atoms with Gasteiger partial charge in [-0.15, -0.1) is 0 Å². The molecule has 21 heavy (non-hydrogen) atoms. The van der Waals surface area contributed by atoms with Crippen LogP contribution in [0.4, 0.5) is 8.78 Å². The highest BCUT2D eigenvalue weighted by molar-refractivity contribution is 6.31. The summed E-state index contributed by atoms with van der Waals surface area (Å²) in [5.74, 6) is -0.828. The van der Waals surface area contributed by atoms with Gasteiger partial charge in [0, 0.05) is 11.1 Å². The number of rotatable bonds is 5. The summed E-state index contributed by atoms with van der Waals surface area (Å²) in [7, 11) is 0. The second-order valence-corrected chi connectivity index (χ2v) is 5.54. The summed E-state index contributed by atoms with van der Waals surface area (Å²) in [5.41, 5.74) is 1.58. The van der Waals surface area contributed by atoms with E-state index in [0.717, 1.165) is 11.1 Å². The fourth-order valence-electron chi connectivity index (χ4n) is 2.22.